The van der Waals surface area contributed by atoms with Crippen molar-refractivity contribution in [2.24, 2.45) is 0 Å². The first-order valence-electron chi connectivity index (χ1n) is 10.9. The molecule has 2 aromatic heterocycles. The molecule has 0 atom stereocenters. The van der Waals surface area contributed by atoms with Crippen LogP contribution in [0.4, 0.5) is 4.79 Å². The Bertz CT molecular complexity index is 1390. The molecular formula is C26H24ClN3O5. The molecule has 0 aliphatic carbocycles. The van der Waals surface area contributed by atoms with Crippen LogP contribution in [0.5, 0.6) is 0 Å². The monoisotopic (exact) mass is 493 g/mol. The summed E-state index contributed by atoms with van der Waals surface area (Å²) in [5.74, 6) is -0.407. The van der Waals surface area contributed by atoms with Crippen LogP contribution in [0.1, 0.15) is 33.1 Å². The summed E-state index contributed by atoms with van der Waals surface area (Å²) in [6, 6.07) is 14.0. The molecule has 0 bridgehead atoms. The van der Waals surface area contributed by atoms with Crippen molar-refractivity contribution in [3.05, 3.63) is 94.3 Å². The summed E-state index contributed by atoms with van der Waals surface area (Å²) in [5.41, 5.74) is 4.20. The number of ether oxygens (including phenoxy) is 2. The number of rotatable bonds is 8. The Kier molecular flexibility index (Phi) is 7.52. The maximum Gasteiger partial charge on any atom is 0.407 e. The van der Waals surface area contributed by atoms with Crippen LogP contribution in [0, 0.1) is 6.92 Å². The van der Waals surface area contributed by atoms with E-state index in [-0.39, 0.29) is 24.7 Å². The fourth-order valence-electron chi connectivity index (χ4n) is 3.64. The molecule has 9 heteroatoms. The zero-order valence-electron chi connectivity index (χ0n) is 19.3. The summed E-state index contributed by atoms with van der Waals surface area (Å²) in [7, 11) is 1.28. The molecule has 1 N–H and O–H groups in total. The van der Waals surface area contributed by atoms with Gasteiger partial charge in [0.25, 0.3) is 0 Å². The largest absolute Gasteiger partial charge is 0.456 e. The SMILES string of the molecule is COC(=O)NC/C=C\c1nc(C(=O)OCc2cccc3c2c(Cl)cn3Cc2ccccc2C)co1. The first kappa shape index (κ1) is 24.1. The molecule has 0 saturated carbocycles. The van der Waals surface area contributed by atoms with Crippen LogP contribution in [-0.4, -0.2) is 35.3 Å². The number of alkyl carbamates (subject to hydrolysis) is 1. The van der Waals surface area contributed by atoms with Gasteiger partial charge < -0.3 is 23.8 Å². The lowest BCUT2D eigenvalue weighted by molar-refractivity contribution is 0.0467. The van der Waals surface area contributed by atoms with Gasteiger partial charge in [0.15, 0.2) is 5.69 Å². The maximum absolute atomic E-state index is 12.5. The summed E-state index contributed by atoms with van der Waals surface area (Å²) < 4.78 is 17.3. The number of aryl methyl sites for hydroxylation is 1. The molecule has 0 saturated heterocycles. The quantitative estimate of drug-likeness (QED) is 0.332. The number of methoxy groups -OCH3 is 1. The number of aromatic nitrogens is 2. The molecule has 2 heterocycles. The van der Waals surface area contributed by atoms with Crippen LogP contribution < -0.4 is 5.32 Å². The van der Waals surface area contributed by atoms with Crippen LogP contribution >= 0.6 is 11.6 Å². The lowest BCUT2D eigenvalue weighted by Crippen LogP contribution is -2.22. The van der Waals surface area contributed by atoms with Crippen molar-refractivity contribution in [3.63, 3.8) is 0 Å². The molecule has 0 spiro atoms. The van der Waals surface area contributed by atoms with E-state index in [9.17, 15) is 9.59 Å². The van der Waals surface area contributed by atoms with Gasteiger partial charge in [0.2, 0.25) is 5.89 Å². The van der Waals surface area contributed by atoms with Gasteiger partial charge in [-0.15, -0.1) is 0 Å². The highest BCUT2D eigenvalue weighted by Crippen LogP contribution is 2.30. The molecule has 180 valence electrons. The van der Waals surface area contributed by atoms with Crippen LogP contribution in [0.25, 0.3) is 17.0 Å². The Labute approximate surface area is 207 Å². The number of fused-ring (bicyclic) bond motifs is 1. The third kappa shape index (κ3) is 5.73. The van der Waals surface area contributed by atoms with E-state index >= 15 is 0 Å². The van der Waals surface area contributed by atoms with Gasteiger partial charge in [0, 0.05) is 30.2 Å². The average molecular weight is 494 g/mol. The predicted octanol–water partition coefficient (Wildman–Crippen LogP) is 5.37. The molecule has 4 rings (SSSR count). The molecule has 0 aliphatic rings. The number of nitrogens with one attached hydrogen (secondary N) is 1. The normalized spacial score (nSPS) is 11.2. The fraction of sp³-hybridized carbons (Fsp3) is 0.192. The number of carbonyl (C=O) groups excluding carboxylic acids is 2. The van der Waals surface area contributed by atoms with E-state index in [2.05, 4.69) is 38.7 Å². The minimum atomic E-state index is -0.617. The second-order valence-electron chi connectivity index (χ2n) is 7.76. The molecule has 8 nitrogen and oxygen atoms in total. The van der Waals surface area contributed by atoms with Crippen molar-refractivity contribution < 1.29 is 23.5 Å². The maximum atomic E-state index is 12.5. The summed E-state index contributed by atoms with van der Waals surface area (Å²) >= 11 is 6.58. The van der Waals surface area contributed by atoms with Crippen molar-refractivity contribution in [1.29, 1.82) is 0 Å². The highest BCUT2D eigenvalue weighted by atomic mass is 35.5. The Morgan fingerprint density at radius 1 is 1.17 bits per heavy atom. The van der Waals surface area contributed by atoms with Gasteiger partial charge >= 0.3 is 12.1 Å². The Hall–Kier alpha value is -4.04. The number of benzene rings is 2. The number of amides is 1. The smallest absolute Gasteiger partial charge is 0.407 e. The first-order valence-corrected chi connectivity index (χ1v) is 11.3. The molecule has 1 amide bonds. The number of hydrogen-bond acceptors (Lipinski definition) is 6. The third-order valence-corrected chi connectivity index (χ3v) is 5.73. The molecule has 2 aromatic carbocycles. The van der Waals surface area contributed by atoms with Gasteiger partial charge in [-0.05, 0) is 30.2 Å². The van der Waals surface area contributed by atoms with Crippen molar-refractivity contribution in [2.45, 2.75) is 20.1 Å². The third-order valence-electron chi connectivity index (χ3n) is 5.45. The fourth-order valence-corrected chi connectivity index (χ4v) is 3.98. The van der Waals surface area contributed by atoms with Crippen molar-refractivity contribution in [1.82, 2.24) is 14.9 Å². The van der Waals surface area contributed by atoms with Crippen LogP contribution in [0.3, 0.4) is 0 Å². The van der Waals surface area contributed by atoms with Crippen molar-refractivity contribution in [3.8, 4) is 0 Å². The minimum absolute atomic E-state index is 0.0331. The van der Waals surface area contributed by atoms with E-state index in [1.54, 1.807) is 6.08 Å². The minimum Gasteiger partial charge on any atom is -0.456 e. The van der Waals surface area contributed by atoms with Crippen molar-refractivity contribution in [2.75, 3.05) is 13.7 Å². The Balaban J connectivity index is 1.43. The zero-order chi connectivity index (χ0) is 24.8. The van der Waals surface area contributed by atoms with E-state index in [1.807, 2.05) is 36.5 Å². The van der Waals surface area contributed by atoms with E-state index in [0.29, 0.717) is 11.6 Å². The summed E-state index contributed by atoms with van der Waals surface area (Å²) in [6.45, 7) is 3.02. The second-order valence-corrected chi connectivity index (χ2v) is 8.17. The average Bonchev–Trinajstić information content (AvgIpc) is 3.46. The van der Waals surface area contributed by atoms with Gasteiger partial charge in [0.1, 0.15) is 12.9 Å². The molecule has 4 aromatic rings. The standard InChI is InChI=1S/C26H24ClN3O5/c1-17-7-3-4-8-18(17)13-30-14-20(27)24-19(9-5-10-22(24)30)15-35-25(31)21-16-34-23(29-21)11-6-12-28-26(32)33-2/h3-11,14,16H,12-13,15H2,1-2H3,(H,28,32)/b11-6-. The van der Waals surface area contributed by atoms with E-state index in [1.165, 1.54) is 30.6 Å². The molecule has 0 radical (unpaired) electrons. The lowest BCUT2D eigenvalue weighted by atomic mass is 10.1. The Morgan fingerprint density at radius 2 is 1.97 bits per heavy atom. The van der Waals surface area contributed by atoms with E-state index < -0.39 is 12.1 Å². The molecule has 0 fully saturated rings. The molecular weight excluding hydrogens is 470 g/mol. The molecule has 35 heavy (non-hydrogen) atoms. The molecule has 0 unspecified atom stereocenters. The van der Waals surface area contributed by atoms with Crippen LogP contribution in [-0.2, 0) is 22.6 Å². The summed E-state index contributed by atoms with van der Waals surface area (Å²) in [6.07, 6.45) is 5.72. The van der Waals surface area contributed by atoms with E-state index in [0.717, 1.165) is 16.5 Å². The predicted molar refractivity (Wildman–Crippen MR) is 132 cm³/mol. The second kappa shape index (κ2) is 10.9. The zero-order valence-corrected chi connectivity index (χ0v) is 20.0. The highest BCUT2D eigenvalue weighted by molar-refractivity contribution is 6.36. The van der Waals surface area contributed by atoms with Crippen molar-refractivity contribution >= 4 is 40.6 Å². The van der Waals surface area contributed by atoms with Gasteiger partial charge in [-0.2, -0.15) is 0 Å². The van der Waals surface area contributed by atoms with E-state index in [4.69, 9.17) is 20.8 Å². The topological polar surface area (TPSA) is 95.6 Å². The first-order chi connectivity index (χ1) is 17.0. The number of hydrogen-bond donors (Lipinski definition) is 1. The van der Waals surface area contributed by atoms with Crippen LogP contribution in [0.15, 0.2) is 65.4 Å². The van der Waals surface area contributed by atoms with Gasteiger partial charge in [0.05, 0.1) is 17.6 Å². The number of nitrogens with zero attached hydrogens (tertiary/aromatic N) is 2. The van der Waals surface area contributed by atoms with Gasteiger partial charge in [-0.1, -0.05) is 54.1 Å². The van der Waals surface area contributed by atoms with Crippen LogP contribution in [0.2, 0.25) is 5.02 Å². The van der Waals surface area contributed by atoms with Gasteiger partial charge in [-0.3, -0.25) is 0 Å². The highest BCUT2D eigenvalue weighted by Gasteiger charge is 2.16. The summed E-state index contributed by atoms with van der Waals surface area (Å²) in [5, 5.41) is 3.92. The number of halogens is 1. The van der Waals surface area contributed by atoms with Gasteiger partial charge in [-0.25, -0.2) is 14.6 Å². The lowest BCUT2D eigenvalue weighted by Gasteiger charge is -2.09. The number of esters is 1. The number of oxazole rings is 1. The Morgan fingerprint density at radius 3 is 2.77 bits per heavy atom. The molecule has 0 aliphatic heterocycles. The summed E-state index contributed by atoms with van der Waals surface area (Å²) in [4.78, 5) is 27.6. The number of carbonyl (C=O) groups is 2.